The van der Waals surface area contributed by atoms with Gasteiger partial charge in [-0.2, -0.15) is 0 Å². The maximum Gasteiger partial charge on any atom is 0.0575 e. The van der Waals surface area contributed by atoms with Crippen LogP contribution in [0.3, 0.4) is 0 Å². The van der Waals surface area contributed by atoms with Crippen LogP contribution in [-0.2, 0) is 14.2 Å². The van der Waals surface area contributed by atoms with E-state index in [9.17, 15) is 0 Å². The third-order valence-corrected chi connectivity index (χ3v) is 6.74. The Labute approximate surface area is 162 Å². The van der Waals surface area contributed by atoms with Crippen LogP contribution in [-0.4, -0.2) is 40.1 Å². The molecule has 154 valence electrons. The lowest BCUT2D eigenvalue weighted by molar-refractivity contribution is -0.103. The molecule has 0 N–H and O–H groups in total. The van der Waals surface area contributed by atoms with Gasteiger partial charge in [0.1, 0.15) is 0 Å². The van der Waals surface area contributed by atoms with Crippen molar-refractivity contribution < 1.29 is 14.2 Å². The van der Waals surface area contributed by atoms with Gasteiger partial charge >= 0.3 is 0 Å². The summed E-state index contributed by atoms with van der Waals surface area (Å²) in [7, 11) is 3.66. The molecule has 0 atom stereocenters. The second-order valence-electron chi connectivity index (χ2n) is 8.90. The molecule has 2 aliphatic carbocycles. The predicted molar refractivity (Wildman–Crippen MR) is 109 cm³/mol. The number of rotatable bonds is 8. The Balaban J connectivity index is 1.91. The Kier molecular flexibility index (Phi) is 11.2. The molecule has 0 heterocycles. The van der Waals surface area contributed by atoms with Crippen LogP contribution in [0.4, 0.5) is 0 Å². The van der Waals surface area contributed by atoms with Gasteiger partial charge in [0.25, 0.3) is 0 Å². The molecule has 2 saturated carbocycles. The highest BCUT2D eigenvalue weighted by Crippen LogP contribution is 2.41. The summed E-state index contributed by atoms with van der Waals surface area (Å²) in [4.78, 5) is 0. The summed E-state index contributed by atoms with van der Waals surface area (Å²) in [6, 6.07) is 0. The van der Waals surface area contributed by atoms with E-state index < -0.39 is 0 Å². The smallest absolute Gasteiger partial charge is 0.0575 e. The summed E-state index contributed by atoms with van der Waals surface area (Å²) in [5, 5.41) is 0. The first-order valence-electron chi connectivity index (χ1n) is 11.4. The zero-order chi connectivity index (χ0) is 18.5. The summed E-state index contributed by atoms with van der Waals surface area (Å²) >= 11 is 0. The predicted octanol–water partition coefficient (Wildman–Crippen LogP) is 6.15. The van der Waals surface area contributed by atoms with Crippen LogP contribution >= 0.6 is 0 Å². The van der Waals surface area contributed by atoms with Crippen molar-refractivity contribution in [1.82, 2.24) is 0 Å². The van der Waals surface area contributed by atoms with Crippen molar-refractivity contribution in [1.29, 1.82) is 0 Å². The summed E-state index contributed by atoms with van der Waals surface area (Å²) in [5.41, 5.74) is 0.0453. The average Bonchev–Trinajstić information content (AvgIpc) is 3.17. The van der Waals surface area contributed by atoms with Crippen LogP contribution in [0.5, 0.6) is 0 Å². The second kappa shape index (κ2) is 13.1. The van der Waals surface area contributed by atoms with Crippen molar-refractivity contribution in [3.8, 4) is 0 Å². The molecule has 0 spiro atoms. The Hall–Kier alpha value is -0.120. The molecule has 2 rings (SSSR count). The van der Waals surface area contributed by atoms with Gasteiger partial charge in [0, 0.05) is 19.6 Å². The van der Waals surface area contributed by atoms with Gasteiger partial charge < -0.3 is 14.2 Å². The number of ether oxygens (including phenoxy) is 3. The van der Waals surface area contributed by atoms with E-state index >= 15 is 0 Å². The molecular weight excluding hydrogens is 324 g/mol. The lowest BCUT2D eigenvalue weighted by atomic mass is 9.76. The fourth-order valence-corrected chi connectivity index (χ4v) is 5.17. The lowest BCUT2D eigenvalue weighted by Gasteiger charge is -2.39. The van der Waals surface area contributed by atoms with E-state index in [1.807, 2.05) is 14.2 Å². The molecule has 26 heavy (non-hydrogen) atoms. The van der Waals surface area contributed by atoms with Crippen LogP contribution in [0, 0.1) is 11.3 Å². The van der Waals surface area contributed by atoms with Crippen LogP contribution in [0.1, 0.15) is 96.3 Å². The highest BCUT2D eigenvalue weighted by Gasteiger charge is 2.41. The van der Waals surface area contributed by atoms with Crippen molar-refractivity contribution in [2.75, 3.05) is 34.0 Å². The standard InChI is InChI=1S/C23H44O3/c1-24-18-23(19-25-2,21-14-12-13-15-21)20-26-22-16-10-8-6-4-3-5-7-9-11-17-22/h21-22H,3-20H2,1-2H3. The fourth-order valence-electron chi connectivity index (χ4n) is 5.17. The average molecular weight is 369 g/mol. The van der Waals surface area contributed by atoms with E-state index in [4.69, 9.17) is 14.2 Å². The summed E-state index contributed by atoms with van der Waals surface area (Å²) in [6.07, 6.45) is 20.8. The van der Waals surface area contributed by atoms with Gasteiger partial charge in [-0.15, -0.1) is 0 Å². The minimum absolute atomic E-state index is 0.0453. The summed E-state index contributed by atoms with van der Waals surface area (Å²) in [6.45, 7) is 2.33. The molecular formula is C23H44O3. The van der Waals surface area contributed by atoms with Gasteiger partial charge in [0.2, 0.25) is 0 Å². The molecule has 0 unspecified atom stereocenters. The lowest BCUT2D eigenvalue weighted by Crippen LogP contribution is -2.43. The van der Waals surface area contributed by atoms with Crippen molar-refractivity contribution in [3.63, 3.8) is 0 Å². The molecule has 0 amide bonds. The minimum Gasteiger partial charge on any atom is -0.384 e. The first kappa shape index (κ1) is 22.2. The second-order valence-corrected chi connectivity index (χ2v) is 8.90. The van der Waals surface area contributed by atoms with Crippen LogP contribution in [0.15, 0.2) is 0 Å². The quantitative estimate of drug-likeness (QED) is 0.514. The molecule has 0 aromatic carbocycles. The van der Waals surface area contributed by atoms with Crippen molar-refractivity contribution in [2.45, 2.75) is 102 Å². The van der Waals surface area contributed by atoms with Crippen molar-refractivity contribution in [2.24, 2.45) is 11.3 Å². The molecule has 0 radical (unpaired) electrons. The summed E-state index contributed by atoms with van der Waals surface area (Å²) < 4.78 is 17.9. The summed E-state index contributed by atoms with van der Waals surface area (Å²) in [5.74, 6) is 0.689. The Morgan fingerprint density at radius 2 is 1.00 bits per heavy atom. The Bertz CT molecular complexity index is 320. The topological polar surface area (TPSA) is 27.7 Å². The van der Waals surface area contributed by atoms with E-state index in [-0.39, 0.29) is 5.41 Å². The molecule has 0 aromatic rings. The normalized spacial score (nSPS) is 22.8. The van der Waals surface area contributed by atoms with Gasteiger partial charge in [-0.3, -0.25) is 0 Å². The van der Waals surface area contributed by atoms with E-state index in [2.05, 4.69) is 0 Å². The first-order valence-corrected chi connectivity index (χ1v) is 11.4. The Morgan fingerprint density at radius 1 is 0.577 bits per heavy atom. The molecule has 3 nitrogen and oxygen atoms in total. The molecule has 0 aromatic heterocycles. The van der Waals surface area contributed by atoms with Gasteiger partial charge in [0.05, 0.1) is 25.9 Å². The van der Waals surface area contributed by atoms with Gasteiger partial charge in [0.15, 0.2) is 0 Å². The molecule has 2 aliphatic rings. The van der Waals surface area contributed by atoms with E-state index in [1.54, 1.807) is 0 Å². The number of hydrogen-bond acceptors (Lipinski definition) is 3. The minimum atomic E-state index is 0.0453. The van der Waals surface area contributed by atoms with E-state index in [1.165, 1.54) is 96.3 Å². The zero-order valence-electron chi connectivity index (χ0n) is 17.6. The third-order valence-electron chi connectivity index (χ3n) is 6.74. The maximum absolute atomic E-state index is 6.61. The monoisotopic (exact) mass is 368 g/mol. The van der Waals surface area contributed by atoms with Crippen LogP contribution in [0.2, 0.25) is 0 Å². The molecule has 0 aliphatic heterocycles. The van der Waals surface area contributed by atoms with Crippen LogP contribution in [0.25, 0.3) is 0 Å². The zero-order valence-corrected chi connectivity index (χ0v) is 17.6. The maximum atomic E-state index is 6.61. The third kappa shape index (κ3) is 7.48. The first-order chi connectivity index (χ1) is 12.8. The van der Waals surface area contributed by atoms with E-state index in [0.717, 1.165) is 19.8 Å². The molecule has 0 bridgehead atoms. The van der Waals surface area contributed by atoms with E-state index in [0.29, 0.717) is 12.0 Å². The van der Waals surface area contributed by atoms with Gasteiger partial charge in [-0.25, -0.2) is 0 Å². The fraction of sp³-hybridized carbons (Fsp3) is 1.00. The van der Waals surface area contributed by atoms with Crippen molar-refractivity contribution in [3.05, 3.63) is 0 Å². The van der Waals surface area contributed by atoms with Crippen LogP contribution < -0.4 is 0 Å². The number of hydrogen-bond donors (Lipinski definition) is 0. The number of methoxy groups -OCH3 is 2. The van der Waals surface area contributed by atoms with Crippen molar-refractivity contribution >= 4 is 0 Å². The molecule has 2 fully saturated rings. The molecule has 0 saturated heterocycles. The van der Waals surface area contributed by atoms with Gasteiger partial charge in [-0.1, -0.05) is 70.6 Å². The van der Waals surface area contributed by atoms with Gasteiger partial charge in [-0.05, 0) is 31.6 Å². The highest BCUT2D eigenvalue weighted by molar-refractivity contribution is 4.90. The largest absolute Gasteiger partial charge is 0.384 e. The SMILES string of the molecule is COCC(COC)(COC1CCCCCCCCCCC1)C1CCCC1. The Morgan fingerprint density at radius 3 is 1.46 bits per heavy atom. The molecule has 3 heteroatoms. The highest BCUT2D eigenvalue weighted by atomic mass is 16.5.